The van der Waals surface area contributed by atoms with Crippen molar-refractivity contribution in [2.75, 3.05) is 19.7 Å². The predicted molar refractivity (Wildman–Crippen MR) is 50.3 cm³/mol. The highest BCUT2D eigenvalue weighted by Gasteiger charge is 2.11. The van der Waals surface area contributed by atoms with Crippen molar-refractivity contribution in [2.24, 2.45) is 0 Å². The molecule has 0 saturated carbocycles. The van der Waals surface area contributed by atoms with E-state index in [4.69, 9.17) is 10.2 Å². The van der Waals surface area contributed by atoms with Crippen LogP contribution in [0.15, 0.2) is 0 Å². The van der Waals surface area contributed by atoms with Crippen molar-refractivity contribution in [3.05, 3.63) is 0 Å². The van der Waals surface area contributed by atoms with Crippen LogP contribution in [0.2, 0.25) is 0 Å². The summed E-state index contributed by atoms with van der Waals surface area (Å²) in [6.45, 7) is 4.52. The largest absolute Gasteiger partial charge is 0.395 e. The fourth-order valence-corrected chi connectivity index (χ4v) is 1.07. The van der Waals surface area contributed by atoms with E-state index in [0.29, 0.717) is 25.9 Å². The van der Waals surface area contributed by atoms with E-state index in [-0.39, 0.29) is 12.5 Å². The fourth-order valence-electron chi connectivity index (χ4n) is 1.07. The average molecular weight is 189 g/mol. The molecule has 0 heterocycles. The van der Waals surface area contributed by atoms with Crippen molar-refractivity contribution in [1.29, 1.82) is 0 Å². The van der Waals surface area contributed by atoms with Gasteiger partial charge < -0.3 is 15.1 Å². The van der Waals surface area contributed by atoms with Crippen LogP contribution >= 0.6 is 0 Å². The third kappa shape index (κ3) is 5.60. The molecule has 1 amide bonds. The molecule has 78 valence electrons. The minimum absolute atomic E-state index is 0.00236. The second-order valence-electron chi connectivity index (χ2n) is 3.08. The molecule has 0 aromatic carbocycles. The number of likely N-dealkylation sites (N-methyl/N-ethyl adjacent to an activating group) is 1. The first kappa shape index (κ1) is 12.4. The van der Waals surface area contributed by atoms with Gasteiger partial charge in [-0.25, -0.2) is 0 Å². The maximum absolute atomic E-state index is 11.4. The van der Waals surface area contributed by atoms with Crippen molar-refractivity contribution in [2.45, 2.75) is 32.8 Å². The molecule has 0 radical (unpaired) electrons. The first-order chi connectivity index (χ1) is 6.11. The minimum atomic E-state index is -0.434. The van der Waals surface area contributed by atoms with Gasteiger partial charge in [0.1, 0.15) is 0 Å². The smallest absolute Gasteiger partial charge is 0.222 e. The Balaban J connectivity index is 3.77. The molecule has 0 bridgehead atoms. The molecule has 0 rings (SSSR count). The van der Waals surface area contributed by atoms with Crippen LogP contribution in [0.3, 0.4) is 0 Å². The lowest BCUT2D eigenvalue weighted by molar-refractivity contribution is -0.132. The Morgan fingerprint density at radius 2 is 2.15 bits per heavy atom. The average Bonchev–Trinajstić information content (AvgIpc) is 2.10. The van der Waals surface area contributed by atoms with Gasteiger partial charge in [-0.1, -0.05) is 0 Å². The molecule has 4 nitrogen and oxygen atoms in total. The summed E-state index contributed by atoms with van der Waals surface area (Å²) >= 11 is 0. The number of carbonyl (C=O) groups excluding carboxylic acids is 1. The highest BCUT2D eigenvalue weighted by molar-refractivity contribution is 5.76. The summed E-state index contributed by atoms with van der Waals surface area (Å²) in [5.41, 5.74) is 0. The Bertz CT molecular complexity index is 148. The highest BCUT2D eigenvalue weighted by Crippen LogP contribution is 2.00. The quantitative estimate of drug-likeness (QED) is 0.617. The second-order valence-corrected chi connectivity index (χ2v) is 3.08. The molecule has 0 aliphatic rings. The SMILES string of the molecule is CCN(CCO)C(=O)CCC(C)O. The summed E-state index contributed by atoms with van der Waals surface area (Å²) in [6, 6.07) is 0. The van der Waals surface area contributed by atoms with Crippen LogP contribution in [0.4, 0.5) is 0 Å². The summed E-state index contributed by atoms with van der Waals surface area (Å²) in [7, 11) is 0. The monoisotopic (exact) mass is 189 g/mol. The normalized spacial score (nSPS) is 12.6. The molecule has 4 heteroatoms. The van der Waals surface area contributed by atoms with Gasteiger partial charge in [-0.3, -0.25) is 4.79 Å². The summed E-state index contributed by atoms with van der Waals surface area (Å²) in [4.78, 5) is 13.0. The summed E-state index contributed by atoms with van der Waals surface area (Å²) in [6.07, 6.45) is 0.406. The summed E-state index contributed by atoms with van der Waals surface area (Å²) < 4.78 is 0. The maximum Gasteiger partial charge on any atom is 0.222 e. The molecule has 0 spiro atoms. The van der Waals surface area contributed by atoms with Crippen LogP contribution < -0.4 is 0 Å². The van der Waals surface area contributed by atoms with E-state index < -0.39 is 6.10 Å². The Morgan fingerprint density at radius 3 is 2.54 bits per heavy atom. The molecule has 1 unspecified atom stereocenters. The number of aliphatic hydroxyl groups is 2. The van der Waals surface area contributed by atoms with Crippen LogP contribution in [0.25, 0.3) is 0 Å². The van der Waals surface area contributed by atoms with E-state index in [1.54, 1.807) is 11.8 Å². The third-order valence-electron chi connectivity index (χ3n) is 1.88. The number of nitrogens with zero attached hydrogens (tertiary/aromatic N) is 1. The molecule has 1 atom stereocenters. The van der Waals surface area contributed by atoms with Gasteiger partial charge in [0.25, 0.3) is 0 Å². The predicted octanol–water partition coefficient (Wildman–Crippen LogP) is -0.0118. The zero-order valence-corrected chi connectivity index (χ0v) is 8.36. The number of amides is 1. The number of hydrogen-bond donors (Lipinski definition) is 2. The van der Waals surface area contributed by atoms with Crippen molar-refractivity contribution in [3.63, 3.8) is 0 Å². The number of rotatable bonds is 6. The lowest BCUT2D eigenvalue weighted by atomic mass is 10.2. The van der Waals surface area contributed by atoms with E-state index in [9.17, 15) is 4.79 Å². The van der Waals surface area contributed by atoms with Gasteiger partial charge in [0, 0.05) is 19.5 Å². The highest BCUT2D eigenvalue weighted by atomic mass is 16.3. The molecule has 0 aromatic rings. The molecule has 0 aliphatic heterocycles. The van der Waals surface area contributed by atoms with Gasteiger partial charge >= 0.3 is 0 Å². The molecule has 0 aliphatic carbocycles. The molecule has 0 fully saturated rings. The number of hydrogen-bond acceptors (Lipinski definition) is 3. The van der Waals surface area contributed by atoms with Crippen molar-refractivity contribution in [3.8, 4) is 0 Å². The number of carbonyl (C=O) groups is 1. The van der Waals surface area contributed by atoms with Crippen LogP contribution in [0, 0.1) is 0 Å². The molecular weight excluding hydrogens is 170 g/mol. The Labute approximate surface area is 79.2 Å². The van der Waals surface area contributed by atoms with Crippen LogP contribution in [0.1, 0.15) is 26.7 Å². The van der Waals surface area contributed by atoms with Gasteiger partial charge in [-0.2, -0.15) is 0 Å². The van der Waals surface area contributed by atoms with Gasteiger partial charge in [0.2, 0.25) is 5.91 Å². The van der Waals surface area contributed by atoms with E-state index in [1.807, 2.05) is 6.92 Å². The Morgan fingerprint density at radius 1 is 1.54 bits per heavy atom. The van der Waals surface area contributed by atoms with Gasteiger partial charge in [-0.15, -0.1) is 0 Å². The molecule has 13 heavy (non-hydrogen) atoms. The summed E-state index contributed by atoms with van der Waals surface area (Å²) in [5.74, 6) is -0.00236. The van der Waals surface area contributed by atoms with E-state index in [0.717, 1.165) is 0 Å². The molecule has 0 saturated heterocycles. The topological polar surface area (TPSA) is 60.8 Å². The van der Waals surface area contributed by atoms with Crippen LogP contribution in [0.5, 0.6) is 0 Å². The molecule has 2 N–H and O–H groups in total. The van der Waals surface area contributed by atoms with Crippen molar-refractivity contribution < 1.29 is 15.0 Å². The van der Waals surface area contributed by atoms with E-state index in [1.165, 1.54) is 0 Å². The molecular formula is C9H19NO3. The van der Waals surface area contributed by atoms with Crippen LogP contribution in [-0.4, -0.2) is 46.8 Å². The standard InChI is InChI=1S/C9H19NO3/c1-3-10(6-7-11)9(13)5-4-8(2)12/h8,11-12H,3-7H2,1-2H3. The molecule has 0 aromatic heterocycles. The Hall–Kier alpha value is -0.610. The second kappa shape index (κ2) is 6.86. The van der Waals surface area contributed by atoms with E-state index in [2.05, 4.69) is 0 Å². The first-order valence-corrected chi connectivity index (χ1v) is 4.68. The van der Waals surface area contributed by atoms with Crippen molar-refractivity contribution >= 4 is 5.91 Å². The minimum Gasteiger partial charge on any atom is -0.395 e. The first-order valence-electron chi connectivity index (χ1n) is 4.68. The van der Waals surface area contributed by atoms with Crippen LogP contribution in [-0.2, 0) is 4.79 Å². The van der Waals surface area contributed by atoms with Gasteiger partial charge in [0.15, 0.2) is 0 Å². The third-order valence-corrected chi connectivity index (χ3v) is 1.88. The fraction of sp³-hybridized carbons (Fsp3) is 0.889. The maximum atomic E-state index is 11.4. The van der Waals surface area contributed by atoms with E-state index >= 15 is 0 Å². The Kier molecular flexibility index (Phi) is 6.54. The zero-order chi connectivity index (χ0) is 10.3. The summed E-state index contributed by atoms with van der Waals surface area (Å²) in [5, 5.41) is 17.6. The zero-order valence-electron chi connectivity index (χ0n) is 8.36. The lowest BCUT2D eigenvalue weighted by Crippen LogP contribution is -2.33. The van der Waals surface area contributed by atoms with Crippen molar-refractivity contribution in [1.82, 2.24) is 4.90 Å². The number of aliphatic hydroxyl groups excluding tert-OH is 2. The van der Waals surface area contributed by atoms with Gasteiger partial charge in [-0.05, 0) is 20.3 Å². The van der Waals surface area contributed by atoms with Gasteiger partial charge in [0.05, 0.1) is 12.7 Å². The lowest BCUT2D eigenvalue weighted by Gasteiger charge is -2.19.